The lowest BCUT2D eigenvalue weighted by Gasteiger charge is -2.10. The highest BCUT2D eigenvalue weighted by Crippen LogP contribution is 1.93. The number of nitrogens with two attached hydrogens (primary N) is 2. The molecule has 0 aliphatic rings. The number of hydrogen-bond acceptors (Lipinski definition) is 3. The number of halogens is 1. The van der Waals surface area contributed by atoms with Crippen LogP contribution < -0.4 is 16.8 Å². The second-order valence-corrected chi connectivity index (χ2v) is 3.02. The molecular formula is C5H8IN3O3. The van der Waals surface area contributed by atoms with Crippen molar-refractivity contribution in [1.82, 2.24) is 5.32 Å². The third-order valence-electron chi connectivity index (χ3n) is 1.04. The molecule has 0 radical (unpaired) electrons. The largest absolute Gasteiger partial charge is 0.370 e. The molecule has 0 aromatic heterocycles. The van der Waals surface area contributed by atoms with Crippen LogP contribution in [0.5, 0.6) is 0 Å². The lowest BCUT2D eigenvalue weighted by Crippen LogP contribution is -2.44. The van der Waals surface area contributed by atoms with Crippen molar-refractivity contribution in [3.63, 3.8) is 0 Å². The zero-order chi connectivity index (χ0) is 9.72. The lowest BCUT2D eigenvalue weighted by atomic mass is 10.2. The zero-order valence-electron chi connectivity index (χ0n) is 6.04. The topological polar surface area (TPSA) is 115 Å². The minimum Gasteiger partial charge on any atom is -0.370 e. The number of rotatable bonds is 4. The van der Waals surface area contributed by atoms with Gasteiger partial charge < -0.3 is 16.8 Å². The van der Waals surface area contributed by atoms with Gasteiger partial charge in [-0.3, -0.25) is 14.4 Å². The molecule has 0 unspecified atom stereocenters. The smallest absolute Gasteiger partial charge is 0.281 e. The quantitative estimate of drug-likeness (QED) is 0.344. The van der Waals surface area contributed by atoms with E-state index in [1.807, 2.05) is 0 Å². The fourth-order valence-corrected chi connectivity index (χ4v) is 0.937. The molecule has 5 N–H and O–H groups in total. The van der Waals surface area contributed by atoms with Gasteiger partial charge >= 0.3 is 0 Å². The summed E-state index contributed by atoms with van der Waals surface area (Å²) in [5, 5.41) is 2.18. The standard InChI is InChI=1S/C5H8IN3O3/c6-5(12)9-2(4(8)11)1-3(7)10/h2H,1H2,(H2,7,10)(H2,8,11)(H,9,12)/t2-/m1/s1. The number of carbonyl (C=O) groups is 3. The molecule has 0 aliphatic heterocycles. The van der Waals surface area contributed by atoms with E-state index in [1.54, 1.807) is 0 Å². The Hall–Kier alpha value is -0.860. The Morgan fingerprint density at radius 2 is 1.83 bits per heavy atom. The lowest BCUT2D eigenvalue weighted by molar-refractivity contribution is -0.124. The Kier molecular flexibility index (Phi) is 4.55. The monoisotopic (exact) mass is 285 g/mol. The SMILES string of the molecule is NC(=O)C[C@@H](NC(=O)I)C(N)=O. The van der Waals surface area contributed by atoms with E-state index in [9.17, 15) is 14.4 Å². The molecule has 0 heterocycles. The maximum Gasteiger partial charge on any atom is 0.281 e. The van der Waals surface area contributed by atoms with Crippen LogP contribution in [0.3, 0.4) is 0 Å². The molecule has 0 saturated carbocycles. The van der Waals surface area contributed by atoms with Crippen molar-refractivity contribution in [1.29, 1.82) is 0 Å². The fraction of sp³-hybridized carbons (Fsp3) is 0.400. The molecule has 1 atom stereocenters. The van der Waals surface area contributed by atoms with Gasteiger partial charge in [0.25, 0.3) is 3.91 Å². The molecule has 68 valence electrons. The molecule has 7 heteroatoms. The first-order valence-corrected chi connectivity index (χ1v) is 4.05. The van der Waals surface area contributed by atoms with Crippen molar-refractivity contribution in [2.24, 2.45) is 11.5 Å². The average molecular weight is 285 g/mol. The summed E-state index contributed by atoms with van der Waals surface area (Å²) in [7, 11) is 0. The van der Waals surface area contributed by atoms with Crippen LogP contribution >= 0.6 is 22.6 Å². The van der Waals surface area contributed by atoms with E-state index in [-0.39, 0.29) is 6.42 Å². The number of nitrogens with one attached hydrogen (secondary N) is 1. The summed E-state index contributed by atoms with van der Waals surface area (Å²) in [5.41, 5.74) is 9.67. The summed E-state index contributed by atoms with van der Waals surface area (Å²) in [4.78, 5) is 31.4. The van der Waals surface area contributed by atoms with Gasteiger partial charge in [0.05, 0.1) is 6.42 Å². The third-order valence-corrected chi connectivity index (χ3v) is 1.35. The van der Waals surface area contributed by atoms with Gasteiger partial charge in [0, 0.05) is 22.6 Å². The van der Waals surface area contributed by atoms with Gasteiger partial charge in [-0.05, 0) is 0 Å². The van der Waals surface area contributed by atoms with E-state index < -0.39 is 21.8 Å². The number of primary amides is 2. The molecule has 0 fully saturated rings. The molecule has 0 spiro atoms. The van der Waals surface area contributed by atoms with Crippen LogP contribution in [0.1, 0.15) is 6.42 Å². The second kappa shape index (κ2) is 4.91. The van der Waals surface area contributed by atoms with Gasteiger partial charge in [-0.15, -0.1) is 0 Å². The summed E-state index contributed by atoms with van der Waals surface area (Å²) in [6, 6.07) is -1.01. The van der Waals surface area contributed by atoms with Gasteiger partial charge in [-0.1, -0.05) is 0 Å². The van der Waals surface area contributed by atoms with Crippen LogP contribution in [0, 0.1) is 0 Å². The van der Waals surface area contributed by atoms with Gasteiger partial charge in [0.1, 0.15) is 6.04 Å². The minimum absolute atomic E-state index is 0.274. The second-order valence-electron chi connectivity index (χ2n) is 2.04. The van der Waals surface area contributed by atoms with Crippen molar-refractivity contribution in [3.8, 4) is 0 Å². The maximum atomic E-state index is 10.6. The normalized spacial score (nSPS) is 11.8. The highest BCUT2D eigenvalue weighted by atomic mass is 127. The van der Waals surface area contributed by atoms with Crippen molar-refractivity contribution in [2.75, 3.05) is 0 Å². The Morgan fingerprint density at radius 1 is 1.33 bits per heavy atom. The first kappa shape index (κ1) is 11.1. The summed E-state index contributed by atoms with van der Waals surface area (Å²) in [5.74, 6) is -1.47. The van der Waals surface area contributed by atoms with Crippen LogP contribution in [-0.4, -0.2) is 21.8 Å². The highest BCUT2D eigenvalue weighted by molar-refractivity contribution is 14.1. The minimum atomic E-state index is -1.01. The van der Waals surface area contributed by atoms with Gasteiger partial charge in [0.2, 0.25) is 11.8 Å². The van der Waals surface area contributed by atoms with Crippen molar-refractivity contribution in [3.05, 3.63) is 0 Å². The van der Waals surface area contributed by atoms with E-state index >= 15 is 0 Å². The van der Waals surface area contributed by atoms with E-state index in [0.29, 0.717) is 0 Å². The van der Waals surface area contributed by atoms with E-state index in [1.165, 1.54) is 22.6 Å². The summed E-state index contributed by atoms with van der Waals surface area (Å²) in [6.45, 7) is 0. The fourth-order valence-electron chi connectivity index (χ4n) is 0.561. The van der Waals surface area contributed by atoms with E-state index in [0.717, 1.165) is 0 Å². The van der Waals surface area contributed by atoms with Crippen LogP contribution in [0.15, 0.2) is 0 Å². The van der Waals surface area contributed by atoms with Crippen LogP contribution in [0.25, 0.3) is 0 Å². The maximum absolute atomic E-state index is 10.6. The predicted molar refractivity (Wildman–Crippen MR) is 49.3 cm³/mol. The molecule has 6 nitrogen and oxygen atoms in total. The molecule has 0 rings (SSSR count). The number of carbonyl (C=O) groups excluding carboxylic acids is 3. The Balaban J connectivity index is 4.14. The molecular weight excluding hydrogens is 277 g/mol. The zero-order valence-corrected chi connectivity index (χ0v) is 8.20. The molecule has 0 aliphatic carbocycles. The van der Waals surface area contributed by atoms with Gasteiger partial charge in [-0.2, -0.15) is 0 Å². The molecule has 0 bridgehead atoms. The molecule has 3 amide bonds. The van der Waals surface area contributed by atoms with Crippen molar-refractivity contribution in [2.45, 2.75) is 12.5 Å². The first-order valence-electron chi connectivity index (χ1n) is 2.97. The summed E-state index contributed by atoms with van der Waals surface area (Å²) in [6.07, 6.45) is -0.274. The predicted octanol–water partition coefficient (Wildman–Crippen LogP) is -1.14. The summed E-state index contributed by atoms with van der Waals surface area (Å²) < 4.78 is -0.461. The van der Waals surface area contributed by atoms with E-state index in [4.69, 9.17) is 11.5 Å². The summed E-state index contributed by atoms with van der Waals surface area (Å²) >= 11 is 1.43. The molecule has 0 saturated heterocycles. The third kappa shape index (κ3) is 4.88. The Morgan fingerprint density at radius 3 is 2.08 bits per heavy atom. The van der Waals surface area contributed by atoms with Gasteiger partial charge in [-0.25, -0.2) is 0 Å². The number of amides is 3. The molecule has 0 aromatic carbocycles. The van der Waals surface area contributed by atoms with Crippen LogP contribution in [0.2, 0.25) is 0 Å². The first-order chi connectivity index (χ1) is 5.43. The Bertz CT molecular complexity index is 202. The van der Waals surface area contributed by atoms with Crippen molar-refractivity contribution < 1.29 is 14.4 Å². The molecule has 12 heavy (non-hydrogen) atoms. The van der Waals surface area contributed by atoms with Gasteiger partial charge in [0.15, 0.2) is 0 Å². The average Bonchev–Trinajstić information content (AvgIpc) is 1.83. The number of hydrogen-bond donors (Lipinski definition) is 3. The van der Waals surface area contributed by atoms with E-state index in [2.05, 4.69) is 5.32 Å². The highest BCUT2D eigenvalue weighted by Gasteiger charge is 2.18. The van der Waals surface area contributed by atoms with Crippen LogP contribution in [0.4, 0.5) is 4.79 Å². The molecule has 0 aromatic rings. The van der Waals surface area contributed by atoms with Crippen molar-refractivity contribution >= 4 is 38.3 Å². The van der Waals surface area contributed by atoms with Crippen LogP contribution in [-0.2, 0) is 9.59 Å². The Labute approximate surface area is 82.2 Å².